The van der Waals surface area contributed by atoms with Gasteiger partial charge < -0.3 is 14.6 Å². The van der Waals surface area contributed by atoms with E-state index in [1.165, 1.54) is 11.6 Å². The Morgan fingerprint density at radius 3 is 2.41 bits per heavy atom. The lowest BCUT2D eigenvalue weighted by Crippen LogP contribution is -2.37. The number of hydrogen-bond donors (Lipinski definition) is 1. The molecule has 6 rings (SSSR count). The van der Waals surface area contributed by atoms with Gasteiger partial charge in [0.2, 0.25) is 0 Å². The molecule has 1 atom stereocenters. The van der Waals surface area contributed by atoms with Crippen LogP contribution in [0.2, 0.25) is 0 Å². The first-order valence-electron chi connectivity index (χ1n) is 10.9. The minimum absolute atomic E-state index is 0.220. The molecule has 1 aliphatic rings. The number of para-hydroxylation sites is 2. The highest BCUT2D eigenvalue weighted by Crippen LogP contribution is 2.46. The van der Waals surface area contributed by atoms with Crippen LogP contribution >= 0.6 is 11.3 Å². The van der Waals surface area contributed by atoms with E-state index in [1.54, 1.807) is 30.1 Å². The van der Waals surface area contributed by atoms with Gasteiger partial charge in [-0.3, -0.25) is 13.9 Å². The van der Waals surface area contributed by atoms with Gasteiger partial charge in [0, 0.05) is 19.0 Å². The molecular formula is C26H22N4O3S. The molecule has 0 amide bonds. The number of anilines is 1. The molecular weight excluding hydrogens is 448 g/mol. The van der Waals surface area contributed by atoms with Gasteiger partial charge in [-0.25, -0.2) is 4.79 Å². The Morgan fingerprint density at radius 2 is 1.71 bits per heavy atom. The molecule has 5 aromatic rings. The van der Waals surface area contributed by atoms with Crippen molar-refractivity contribution in [2.75, 3.05) is 12.4 Å². The fourth-order valence-electron chi connectivity index (χ4n) is 4.91. The Labute approximate surface area is 199 Å². The van der Waals surface area contributed by atoms with Crippen LogP contribution in [0.5, 0.6) is 5.75 Å². The summed E-state index contributed by atoms with van der Waals surface area (Å²) >= 11 is 1.64. The van der Waals surface area contributed by atoms with Gasteiger partial charge >= 0.3 is 5.69 Å². The smallest absolute Gasteiger partial charge is 0.331 e. The van der Waals surface area contributed by atoms with Gasteiger partial charge in [-0.05, 0) is 53.4 Å². The van der Waals surface area contributed by atoms with Crippen molar-refractivity contribution >= 4 is 27.9 Å². The van der Waals surface area contributed by atoms with Crippen LogP contribution in [0.4, 0.5) is 5.69 Å². The van der Waals surface area contributed by atoms with Gasteiger partial charge in [-0.1, -0.05) is 18.2 Å². The maximum absolute atomic E-state index is 13.6. The summed E-state index contributed by atoms with van der Waals surface area (Å²) in [6.45, 7) is 0. The van der Waals surface area contributed by atoms with Crippen LogP contribution in [0.1, 0.15) is 16.6 Å². The lowest BCUT2D eigenvalue weighted by Gasteiger charge is -2.30. The number of rotatable bonds is 3. The lowest BCUT2D eigenvalue weighted by atomic mass is 10.1. The monoisotopic (exact) mass is 470 g/mol. The Hall–Kier alpha value is -4.04. The van der Waals surface area contributed by atoms with Gasteiger partial charge in [0.25, 0.3) is 5.56 Å². The highest BCUT2D eigenvalue weighted by molar-refractivity contribution is 7.10. The third-order valence-corrected chi connectivity index (χ3v) is 7.46. The molecule has 170 valence electrons. The first-order valence-corrected chi connectivity index (χ1v) is 11.8. The molecule has 0 saturated carbocycles. The number of nitrogens with zero attached hydrogens (tertiary/aromatic N) is 3. The van der Waals surface area contributed by atoms with Crippen molar-refractivity contribution in [1.29, 1.82) is 0 Å². The van der Waals surface area contributed by atoms with Crippen LogP contribution in [0.25, 0.3) is 27.8 Å². The number of aryl methyl sites for hydroxylation is 1. The van der Waals surface area contributed by atoms with Gasteiger partial charge in [0.05, 0.1) is 40.8 Å². The van der Waals surface area contributed by atoms with Crippen LogP contribution in [-0.2, 0) is 14.1 Å². The van der Waals surface area contributed by atoms with Crippen LogP contribution in [0, 0.1) is 0 Å². The minimum Gasteiger partial charge on any atom is -0.497 e. The third kappa shape index (κ3) is 2.75. The summed E-state index contributed by atoms with van der Waals surface area (Å²) in [5, 5.41) is 6.21. The minimum atomic E-state index is -0.351. The van der Waals surface area contributed by atoms with E-state index in [9.17, 15) is 9.59 Å². The number of methoxy groups -OCH3 is 1. The molecule has 1 N–H and O–H groups in total. The van der Waals surface area contributed by atoms with Gasteiger partial charge in [-0.15, -0.1) is 11.3 Å². The standard InChI is InChI=1S/C26H22N4O3S/c1-28-23-20(25(31)29(2)26(28)32)22(15-10-12-16(33-3)13-11-15)30-18-8-5-4-7-17(18)27-21(24(23)30)19-9-6-14-34-19/h4-14,21,27H,1-3H3. The molecule has 34 heavy (non-hydrogen) atoms. The van der Waals surface area contributed by atoms with Gasteiger partial charge in [-0.2, -0.15) is 0 Å². The van der Waals surface area contributed by atoms with Crippen LogP contribution < -0.4 is 21.3 Å². The van der Waals surface area contributed by atoms with E-state index in [2.05, 4.69) is 16.0 Å². The third-order valence-electron chi connectivity index (χ3n) is 6.52. The predicted molar refractivity (Wildman–Crippen MR) is 136 cm³/mol. The summed E-state index contributed by atoms with van der Waals surface area (Å²) in [5.74, 6) is 0.734. The summed E-state index contributed by atoms with van der Waals surface area (Å²) in [5.41, 5.74) is 4.38. The molecule has 0 spiro atoms. The lowest BCUT2D eigenvalue weighted by molar-refractivity contribution is 0.415. The van der Waals surface area contributed by atoms with Crippen molar-refractivity contribution in [1.82, 2.24) is 13.7 Å². The van der Waals surface area contributed by atoms with Crippen LogP contribution in [0.3, 0.4) is 0 Å². The highest BCUT2D eigenvalue weighted by atomic mass is 32.1. The van der Waals surface area contributed by atoms with Crippen molar-refractivity contribution in [2.24, 2.45) is 14.1 Å². The second-order valence-electron chi connectivity index (χ2n) is 8.34. The normalized spacial score (nSPS) is 14.5. The van der Waals surface area contributed by atoms with E-state index in [4.69, 9.17) is 4.74 Å². The van der Waals surface area contributed by atoms with Crippen molar-refractivity contribution in [3.63, 3.8) is 0 Å². The zero-order valence-electron chi connectivity index (χ0n) is 18.9. The van der Waals surface area contributed by atoms with Crippen molar-refractivity contribution in [2.45, 2.75) is 6.04 Å². The van der Waals surface area contributed by atoms with Crippen molar-refractivity contribution in [3.05, 3.63) is 97.5 Å². The number of benzene rings is 2. The molecule has 7 nitrogen and oxygen atoms in total. The summed E-state index contributed by atoms with van der Waals surface area (Å²) < 4.78 is 10.3. The molecule has 0 bridgehead atoms. The molecule has 3 aromatic heterocycles. The van der Waals surface area contributed by atoms with E-state index in [1.807, 2.05) is 60.0 Å². The summed E-state index contributed by atoms with van der Waals surface area (Å²) in [4.78, 5) is 27.8. The second kappa shape index (κ2) is 7.50. The summed E-state index contributed by atoms with van der Waals surface area (Å²) in [6, 6.07) is 19.6. The Kier molecular flexibility index (Phi) is 4.53. The van der Waals surface area contributed by atoms with Crippen LogP contribution in [0.15, 0.2) is 75.6 Å². The first-order chi connectivity index (χ1) is 16.5. The molecule has 0 saturated heterocycles. The molecule has 2 aromatic carbocycles. The number of nitrogens with one attached hydrogen (secondary N) is 1. The predicted octanol–water partition coefficient (Wildman–Crippen LogP) is 4.28. The fourth-order valence-corrected chi connectivity index (χ4v) is 5.69. The van der Waals surface area contributed by atoms with E-state index in [0.29, 0.717) is 10.9 Å². The van der Waals surface area contributed by atoms with E-state index in [-0.39, 0.29) is 17.3 Å². The molecule has 0 fully saturated rings. The SMILES string of the molecule is COc1ccc(-c2c3c(=O)n(C)c(=O)n(C)c3c3n2-c2ccccc2NC3c2cccs2)cc1. The number of hydrogen-bond acceptors (Lipinski definition) is 5. The maximum atomic E-state index is 13.6. The zero-order chi connectivity index (χ0) is 23.6. The van der Waals surface area contributed by atoms with Gasteiger partial charge in [0.15, 0.2) is 0 Å². The van der Waals surface area contributed by atoms with Gasteiger partial charge in [0.1, 0.15) is 11.8 Å². The average molecular weight is 471 g/mol. The summed E-state index contributed by atoms with van der Waals surface area (Å²) in [6.07, 6.45) is 0. The van der Waals surface area contributed by atoms with E-state index >= 15 is 0 Å². The molecule has 0 radical (unpaired) electrons. The first kappa shape index (κ1) is 20.6. The molecule has 4 heterocycles. The quantitative estimate of drug-likeness (QED) is 0.427. The molecule has 1 unspecified atom stereocenters. The molecule has 8 heteroatoms. The van der Waals surface area contributed by atoms with Crippen molar-refractivity contribution in [3.8, 4) is 22.7 Å². The Bertz CT molecular complexity index is 1670. The van der Waals surface area contributed by atoms with E-state index < -0.39 is 0 Å². The van der Waals surface area contributed by atoms with Crippen LogP contribution in [-0.4, -0.2) is 20.8 Å². The number of fused-ring (bicyclic) bond motifs is 5. The largest absolute Gasteiger partial charge is 0.497 e. The molecule has 1 aliphatic heterocycles. The topological polar surface area (TPSA) is 70.2 Å². The maximum Gasteiger partial charge on any atom is 0.331 e. The number of ether oxygens (including phenoxy) is 1. The van der Waals surface area contributed by atoms with Crippen molar-refractivity contribution < 1.29 is 4.74 Å². The fraction of sp³-hybridized carbons (Fsp3) is 0.154. The molecule has 0 aliphatic carbocycles. The second-order valence-corrected chi connectivity index (χ2v) is 9.32. The highest BCUT2D eigenvalue weighted by Gasteiger charge is 2.35. The number of aromatic nitrogens is 3. The summed E-state index contributed by atoms with van der Waals surface area (Å²) in [7, 11) is 4.89. The van der Waals surface area contributed by atoms with E-state index in [0.717, 1.165) is 39.0 Å². The Balaban J connectivity index is 1.85. The number of thiophene rings is 1. The Morgan fingerprint density at radius 1 is 0.941 bits per heavy atom. The zero-order valence-corrected chi connectivity index (χ0v) is 19.7. The average Bonchev–Trinajstić information content (AvgIpc) is 3.53.